The van der Waals surface area contributed by atoms with Gasteiger partial charge in [-0.3, -0.25) is 19.8 Å². The molecule has 32 heavy (non-hydrogen) atoms. The predicted molar refractivity (Wildman–Crippen MR) is 130 cm³/mol. The first kappa shape index (κ1) is 22.3. The average Bonchev–Trinajstić information content (AvgIpc) is 3.03. The minimum absolute atomic E-state index is 0.0630. The lowest BCUT2D eigenvalue weighted by Crippen LogP contribution is -2.31. The summed E-state index contributed by atoms with van der Waals surface area (Å²) in [6, 6.07) is 15.0. The molecule has 1 saturated heterocycles. The molecule has 2 amide bonds. The Morgan fingerprint density at radius 2 is 2.00 bits per heavy atom. The van der Waals surface area contributed by atoms with E-state index in [1.54, 1.807) is 18.2 Å². The normalized spacial score (nSPS) is 14.8. The Hall–Kier alpha value is -2.94. The zero-order valence-electron chi connectivity index (χ0n) is 17.2. The highest BCUT2D eigenvalue weighted by Crippen LogP contribution is 2.34. The number of aromatic nitrogens is 1. The lowest BCUT2D eigenvalue weighted by atomic mass is 10.1. The summed E-state index contributed by atoms with van der Waals surface area (Å²) in [6.45, 7) is 3.82. The molecule has 1 N–H and O–H groups in total. The number of hydrogen-bond acceptors (Lipinski definition) is 6. The fraction of sp³-hybridized carbons (Fsp3) is 0.130. The van der Waals surface area contributed by atoms with Gasteiger partial charge in [0.05, 0.1) is 12.1 Å². The molecule has 6 nitrogen and oxygen atoms in total. The quantitative estimate of drug-likeness (QED) is 0.405. The Morgan fingerprint density at radius 1 is 1.25 bits per heavy atom. The molecule has 1 fully saturated rings. The van der Waals surface area contributed by atoms with Crippen molar-refractivity contribution in [3.8, 4) is 5.75 Å². The standard InChI is InChI=1S/C23H18ClN3O3S2/c1-3-30-17-6-9-19-14(11-17)10-15(12-20-21(29)26-23(31)27(20)13(2)28)22(25-19)32-18-7-4-16(24)5-8-18/h4-12H,3H2,1-2H3,(H,26,29,31). The van der Waals surface area contributed by atoms with E-state index in [0.29, 0.717) is 22.2 Å². The molecular formula is C23H18ClN3O3S2. The highest BCUT2D eigenvalue weighted by Gasteiger charge is 2.33. The van der Waals surface area contributed by atoms with Crippen molar-refractivity contribution in [3.05, 3.63) is 64.8 Å². The number of fused-ring (bicyclic) bond motifs is 1. The molecule has 3 aromatic rings. The fourth-order valence-corrected chi connectivity index (χ4v) is 4.55. The van der Waals surface area contributed by atoms with E-state index < -0.39 is 5.91 Å². The first-order valence-corrected chi connectivity index (χ1v) is 11.3. The summed E-state index contributed by atoms with van der Waals surface area (Å²) < 4.78 is 5.61. The maximum atomic E-state index is 12.5. The van der Waals surface area contributed by atoms with Crippen molar-refractivity contribution < 1.29 is 14.3 Å². The number of halogens is 1. The number of thiocarbonyl (C=S) groups is 1. The van der Waals surface area contributed by atoms with Crippen LogP contribution in [0.3, 0.4) is 0 Å². The molecule has 0 unspecified atom stereocenters. The first-order chi connectivity index (χ1) is 15.4. The summed E-state index contributed by atoms with van der Waals surface area (Å²) in [7, 11) is 0. The number of hydrogen-bond donors (Lipinski definition) is 1. The number of benzene rings is 2. The summed E-state index contributed by atoms with van der Waals surface area (Å²) in [4.78, 5) is 31.5. The van der Waals surface area contributed by atoms with Crippen molar-refractivity contribution in [3.63, 3.8) is 0 Å². The lowest BCUT2D eigenvalue weighted by molar-refractivity contribution is -0.125. The Bertz CT molecular complexity index is 1280. The third-order valence-corrected chi connectivity index (χ3v) is 6.19. The number of amides is 2. The first-order valence-electron chi connectivity index (χ1n) is 9.74. The van der Waals surface area contributed by atoms with Gasteiger partial charge in [0.25, 0.3) is 5.91 Å². The van der Waals surface area contributed by atoms with Gasteiger partial charge in [0.1, 0.15) is 16.5 Å². The van der Waals surface area contributed by atoms with Gasteiger partial charge in [0.15, 0.2) is 5.11 Å². The molecule has 1 aliphatic rings. The molecule has 1 aliphatic heterocycles. The summed E-state index contributed by atoms with van der Waals surface area (Å²) in [6.07, 6.45) is 1.63. The van der Waals surface area contributed by atoms with Crippen molar-refractivity contribution in [2.75, 3.05) is 6.61 Å². The smallest absolute Gasteiger partial charge is 0.274 e. The van der Waals surface area contributed by atoms with Crippen LogP contribution in [0.2, 0.25) is 5.02 Å². The van der Waals surface area contributed by atoms with Crippen LogP contribution in [-0.4, -0.2) is 33.4 Å². The van der Waals surface area contributed by atoms with E-state index in [4.69, 9.17) is 33.5 Å². The van der Waals surface area contributed by atoms with Crippen LogP contribution in [0.1, 0.15) is 19.4 Å². The number of carbonyl (C=O) groups excluding carboxylic acids is 2. The second kappa shape index (κ2) is 9.28. The number of nitrogens with zero attached hydrogens (tertiary/aromatic N) is 2. The van der Waals surface area contributed by atoms with Gasteiger partial charge in [0.2, 0.25) is 5.91 Å². The van der Waals surface area contributed by atoms with Gasteiger partial charge < -0.3 is 4.74 Å². The number of pyridine rings is 1. The van der Waals surface area contributed by atoms with E-state index in [1.807, 2.05) is 43.3 Å². The second-order valence-corrected chi connectivity index (χ2v) is 8.75. The van der Waals surface area contributed by atoms with Crippen molar-refractivity contribution in [1.29, 1.82) is 0 Å². The SMILES string of the molecule is CCOc1ccc2nc(Sc3ccc(Cl)cc3)c(C=C3C(=O)NC(=S)N3C(C)=O)cc2c1. The second-order valence-electron chi connectivity index (χ2n) is 6.87. The Balaban J connectivity index is 1.86. The molecule has 0 spiro atoms. The van der Waals surface area contributed by atoms with Crippen LogP contribution in [0, 0.1) is 0 Å². The highest BCUT2D eigenvalue weighted by atomic mass is 35.5. The maximum Gasteiger partial charge on any atom is 0.274 e. The van der Waals surface area contributed by atoms with Gasteiger partial charge in [-0.05, 0) is 73.7 Å². The van der Waals surface area contributed by atoms with Crippen LogP contribution >= 0.6 is 35.6 Å². The molecule has 0 aliphatic carbocycles. The van der Waals surface area contributed by atoms with Crippen LogP contribution in [0.25, 0.3) is 17.0 Å². The van der Waals surface area contributed by atoms with Gasteiger partial charge in [-0.15, -0.1) is 0 Å². The van der Waals surface area contributed by atoms with Crippen LogP contribution < -0.4 is 10.1 Å². The Kier molecular flexibility index (Phi) is 6.45. The van der Waals surface area contributed by atoms with E-state index in [9.17, 15) is 9.59 Å². The van der Waals surface area contributed by atoms with Crippen molar-refractivity contribution in [1.82, 2.24) is 15.2 Å². The number of carbonyl (C=O) groups is 2. The Labute approximate surface area is 199 Å². The van der Waals surface area contributed by atoms with Gasteiger partial charge >= 0.3 is 0 Å². The molecule has 0 atom stereocenters. The average molecular weight is 484 g/mol. The molecule has 2 heterocycles. The molecule has 0 radical (unpaired) electrons. The van der Waals surface area contributed by atoms with Crippen LogP contribution in [-0.2, 0) is 9.59 Å². The molecule has 0 saturated carbocycles. The molecule has 1 aromatic heterocycles. The largest absolute Gasteiger partial charge is 0.494 e. The molecule has 0 bridgehead atoms. The number of ether oxygens (including phenoxy) is 1. The van der Waals surface area contributed by atoms with E-state index in [2.05, 4.69) is 5.32 Å². The van der Waals surface area contributed by atoms with Crippen LogP contribution in [0.4, 0.5) is 0 Å². The van der Waals surface area contributed by atoms with Crippen LogP contribution in [0.15, 0.2) is 64.1 Å². The highest BCUT2D eigenvalue weighted by molar-refractivity contribution is 7.99. The van der Waals surface area contributed by atoms with E-state index in [-0.39, 0.29) is 16.7 Å². The Morgan fingerprint density at radius 3 is 2.69 bits per heavy atom. The molecule has 2 aromatic carbocycles. The number of nitrogens with one attached hydrogen (secondary N) is 1. The maximum absolute atomic E-state index is 12.5. The third kappa shape index (κ3) is 4.62. The van der Waals surface area contributed by atoms with Gasteiger partial charge in [-0.25, -0.2) is 4.98 Å². The lowest BCUT2D eigenvalue weighted by Gasteiger charge is -2.14. The van der Waals surface area contributed by atoms with Gasteiger partial charge in [-0.2, -0.15) is 0 Å². The van der Waals surface area contributed by atoms with Crippen molar-refractivity contribution in [2.45, 2.75) is 23.8 Å². The van der Waals surface area contributed by atoms with Crippen molar-refractivity contribution >= 4 is 69.5 Å². The van der Waals surface area contributed by atoms with Gasteiger partial charge in [-0.1, -0.05) is 23.4 Å². The third-order valence-electron chi connectivity index (χ3n) is 4.62. The monoisotopic (exact) mass is 483 g/mol. The fourth-order valence-electron chi connectivity index (χ4n) is 3.23. The molecule has 4 rings (SSSR count). The zero-order chi connectivity index (χ0) is 22.8. The molecule has 9 heteroatoms. The molecule has 162 valence electrons. The van der Waals surface area contributed by atoms with E-state index in [0.717, 1.165) is 21.5 Å². The predicted octanol–water partition coefficient (Wildman–Crippen LogP) is 5.04. The minimum Gasteiger partial charge on any atom is -0.494 e. The minimum atomic E-state index is -0.434. The van der Waals surface area contributed by atoms with E-state index >= 15 is 0 Å². The summed E-state index contributed by atoms with van der Waals surface area (Å²) in [5.41, 5.74) is 1.61. The van der Waals surface area contributed by atoms with Gasteiger partial charge in [0, 0.05) is 27.8 Å². The summed E-state index contributed by atoms with van der Waals surface area (Å²) in [5.74, 6) is -0.0571. The van der Waals surface area contributed by atoms with Crippen molar-refractivity contribution in [2.24, 2.45) is 0 Å². The topological polar surface area (TPSA) is 71.5 Å². The summed E-state index contributed by atoms with van der Waals surface area (Å²) in [5, 5.41) is 4.74. The molecular weight excluding hydrogens is 466 g/mol. The van der Waals surface area contributed by atoms with E-state index in [1.165, 1.54) is 23.6 Å². The van der Waals surface area contributed by atoms with Crippen LogP contribution in [0.5, 0.6) is 5.75 Å². The zero-order valence-corrected chi connectivity index (χ0v) is 19.6. The summed E-state index contributed by atoms with van der Waals surface area (Å²) >= 11 is 12.6. The number of rotatable bonds is 5.